The van der Waals surface area contributed by atoms with Crippen molar-refractivity contribution in [3.8, 4) is 0 Å². The molecule has 304 valence electrons. The fourth-order valence-electron chi connectivity index (χ4n) is 13.4. The van der Waals surface area contributed by atoms with Crippen LogP contribution < -0.4 is 11.1 Å². The number of furan rings is 1. The maximum atomic E-state index is 11.6. The number of nitrogens with two attached hydrogens (primary N) is 1. The van der Waals surface area contributed by atoms with Crippen molar-refractivity contribution >= 4 is 16.7 Å². The van der Waals surface area contributed by atoms with E-state index in [0.29, 0.717) is 42.6 Å². The number of hydrogen-bond donors (Lipinski definition) is 6. The second-order valence-electron chi connectivity index (χ2n) is 19.9. The van der Waals surface area contributed by atoms with Crippen LogP contribution in [-0.4, -0.2) is 69.2 Å². The molecule has 6 aliphatic rings. The zero-order valence-electron chi connectivity index (χ0n) is 33.6. The van der Waals surface area contributed by atoms with Crippen LogP contribution in [0.25, 0.3) is 10.8 Å². The summed E-state index contributed by atoms with van der Waals surface area (Å²) >= 11 is 0. The Balaban J connectivity index is 0.902. The number of aliphatic hydroxyl groups excluding tert-OH is 3. The number of rotatable bonds is 12. The van der Waals surface area contributed by atoms with Crippen molar-refractivity contribution in [1.82, 2.24) is 5.32 Å². The quantitative estimate of drug-likeness (QED) is 0.0430. The van der Waals surface area contributed by atoms with E-state index in [0.717, 1.165) is 107 Å². The van der Waals surface area contributed by atoms with Crippen molar-refractivity contribution in [2.24, 2.45) is 57.1 Å². The predicted octanol–water partition coefficient (Wildman–Crippen LogP) is 7.39. The summed E-state index contributed by atoms with van der Waals surface area (Å²) in [6.07, 6.45) is 19.9. The number of epoxide rings is 1. The van der Waals surface area contributed by atoms with E-state index >= 15 is 0 Å². The summed E-state index contributed by atoms with van der Waals surface area (Å²) < 4.78 is 12.1. The highest BCUT2D eigenvalue weighted by Gasteiger charge is 2.67. The highest BCUT2D eigenvalue weighted by atomic mass is 16.6. The molecule has 0 bridgehead atoms. The van der Waals surface area contributed by atoms with Crippen LogP contribution >= 0.6 is 0 Å². The van der Waals surface area contributed by atoms with Crippen LogP contribution in [0.3, 0.4) is 0 Å². The fraction of sp³-hybridized carbons (Fsp3) is 0.761. The van der Waals surface area contributed by atoms with Gasteiger partial charge in [-0.25, -0.2) is 0 Å². The third-order valence-corrected chi connectivity index (χ3v) is 16.4. The molecule has 9 heteroatoms. The monoisotopic (exact) mass is 760 g/mol. The lowest BCUT2D eigenvalue weighted by molar-refractivity contribution is -0.0715. The second kappa shape index (κ2) is 15.4. The van der Waals surface area contributed by atoms with Gasteiger partial charge in [0, 0.05) is 41.7 Å². The van der Waals surface area contributed by atoms with E-state index in [9.17, 15) is 20.4 Å². The van der Waals surface area contributed by atoms with Crippen molar-refractivity contribution in [1.29, 1.82) is 0 Å². The highest BCUT2D eigenvalue weighted by Crippen LogP contribution is 2.69. The third kappa shape index (κ3) is 7.79. The van der Waals surface area contributed by atoms with Crippen LogP contribution in [0, 0.1) is 46.3 Å². The number of hydrogen-bond acceptors (Lipinski definition) is 7. The molecule has 1 spiro atoms. The van der Waals surface area contributed by atoms with Gasteiger partial charge in [0.05, 0.1) is 35.9 Å². The zero-order chi connectivity index (χ0) is 38.6. The van der Waals surface area contributed by atoms with Gasteiger partial charge < -0.3 is 40.6 Å². The lowest BCUT2D eigenvalue weighted by atomic mass is 9.46. The predicted molar refractivity (Wildman–Crippen MR) is 216 cm³/mol. The number of fused-ring (bicyclic) bond motifs is 4. The molecule has 8 rings (SSSR count). The largest absolute Gasteiger partial charge is 0.471 e. The van der Waals surface area contributed by atoms with Crippen LogP contribution in [0.15, 0.2) is 52.3 Å². The molecule has 7 N–H and O–H groups in total. The average Bonchev–Trinajstić information content (AvgIpc) is 3.56. The molecule has 13 unspecified atom stereocenters. The first-order valence-corrected chi connectivity index (χ1v) is 21.9. The molecule has 5 aliphatic carbocycles. The molecule has 13 atom stereocenters. The van der Waals surface area contributed by atoms with Crippen LogP contribution in [-0.2, 0) is 11.2 Å². The second-order valence-corrected chi connectivity index (χ2v) is 19.9. The summed E-state index contributed by atoms with van der Waals surface area (Å²) in [6.45, 7) is 10.4. The minimum absolute atomic E-state index is 0.0441. The molecule has 1 aliphatic heterocycles. The Bertz CT molecular complexity index is 1710. The Morgan fingerprint density at radius 1 is 1.07 bits per heavy atom. The van der Waals surface area contributed by atoms with E-state index in [1.165, 1.54) is 24.0 Å². The zero-order valence-corrected chi connectivity index (χ0v) is 33.6. The first-order chi connectivity index (χ1) is 26.3. The Morgan fingerprint density at radius 2 is 1.93 bits per heavy atom. The van der Waals surface area contributed by atoms with Crippen molar-refractivity contribution in [3.63, 3.8) is 0 Å². The average molecular weight is 760 g/mol. The summed E-state index contributed by atoms with van der Waals surface area (Å²) in [4.78, 5) is 4.60. The molecule has 0 radical (unpaired) electrons. The van der Waals surface area contributed by atoms with E-state index in [-0.39, 0.29) is 47.1 Å². The van der Waals surface area contributed by atoms with Crippen molar-refractivity contribution in [3.05, 3.63) is 48.4 Å². The summed E-state index contributed by atoms with van der Waals surface area (Å²) in [7, 11) is 0. The molecule has 2 aromatic rings. The van der Waals surface area contributed by atoms with Gasteiger partial charge in [-0.3, -0.25) is 4.99 Å². The van der Waals surface area contributed by atoms with Gasteiger partial charge in [-0.2, -0.15) is 0 Å². The lowest BCUT2D eigenvalue weighted by Crippen LogP contribution is -2.51. The maximum absolute atomic E-state index is 11.6. The highest BCUT2D eigenvalue weighted by molar-refractivity contribution is 5.84. The van der Waals surface area contributed by atoms with Crippen LogP contribution in [0.2, 0.25) is 0 Å². The number of aliphatic imine (C=N–C) groups is 1. The van der Waals surface area contributed by atoms with E-state index in [1.54, 1.807) is 12.5 Å². The van der Waals surface area contributed by atoms with Crippen LogP contribution in [0.4, 0.5) is 0 Å². The lowest BCUT2D eigenvalue weighted by Gasteiger charge is -2.58. The molecule has 1 aromatic carbocycles. The minimum atomic E-state index is -0.789. The van der Waals surface area contributed by atoms with Gasteiger partial charge in [0.1, 0.15) is 6.23 Å². The van der Waals surface area contributed by atoms with Crippen molar-refractivity contribution < 1.29 is 29.6 Å². The smallest absolute Gasteiger partial charge is 0.190 e. The number of benzene rings is 1. The molecule has 1 saturated heterocycles. The molecule has 6 fully saturated rings. The number of ether oxygens (including phenoxy) is 1. The van der Waals surface area contributed by atoms with Gasteiger partial charge in [0.2, 0.25) is 0 Å². The molecule has 0 amide bonds. The fourth-order valence-corrected chi connectivity index (χ4v) is 13.4. The number of nitrogens with zero attached hydrogens (tertiary/aromatic N) is 1. The van der Waals surface area contributed by atoms with Crippen LogP contribution in [0.1, 0.15) is 129 Å². The Hall–Kier alpha value is -2.43. The summed E-state index contributed by atoms with van der Waals surface area (Å²) in [5.74, 6) is 2.79. The van der Waals surface area contributed by atoms with E-state index in [2.05, 4.69) is 30.2 Å². The molecular weight excluding hydrogens is 691 g/mol. The minimum Gasteiger partial charge on any atom is -0.471 e. The first kappa shape index (κ1) is 39.4. The molecule has 5 saturated carbocycles. The van der Waals surface area contributed by atoms with E-state index in [1.807, 2.05) is 12.1 Å². The van der Waals surface area contributed by atoms with Gasteiger partial charge in [-0.05, 0) is 157 Å². The van der Waals surface area contributed by atoms with Crippen LogP contribution in [0.5, 0.6) is 0 Å². The molecule has 1 aromatic heterocycles. The standard InChI is InChI=1S/C46H69N3O6/c1-29-23-45(17-11-30(24-45)12-18-46(53)15-5-10-35(51)25-46)41-44(3,55-41)16-13-39-37(29)26-43(39,2)34-21-32(9-6-20-50)36(22-34)40(52)49-42(47)48-19-14-31-7-4-8-33-27-54-28-38(31)33/h4,7-8,27-28,30,32,34-37,39-41,50-53H,1,5-6,9-26H2,2-3H3,(H3,47,48,49). The normalized spacial score (nSPS) is 42.3. The van der Waals surface area contributed by atoms with Gasteiger partial charge in [0.25, 0.3) is 0 Å². The molecule has 55 heavy (non-hydrogen) atoms. The van der Waals surface area contributed by atoms with Crippen molar-refractivity contribution in [2.45, 2.75) is 159 Å². The topological polar surface area (TPSA) is 157 Å². The summed E-state index contributed by atoms with van der Waals surface area (Å²) in [6, 6.07) is 6.16. The van der Waals surface area contributed by atoms with Crippen molar-refractivity contribution in [2.75, 3.05) is 13.2 Å². The van der Waals surface area contributed by atoms with Gasteiger partial charge in [-0.15, -0.1) is 0 Å². The van der Waals surface area contributed by atoms with E-state index < -0.39 is 11.8 Å². The molecule has 2 heterocycles. The number of guanidine groups is 1. The molecule has 9 nitrogen and oxygen atoms in total. The summed E-state index contributed by atoms with van der Waals surface area (Å²) in [5.41, 5.74) is 8.51. The van der Waals surface area contributed by atoms with Gasteiger partial charge >= 0.3 is 0 Å². The van der Waals surface area contributed by atoms with E-state index in [4.69, 9.17) is 21.5 Å². The Morgan fingerprint density at radius 3 is 2.75 bits per heavy atom. The summed E-state index contributed by atoms with van der Waals surface area (Å²) in [5, 5.41) is 48.3. The third-order valence-electron chi connectivity index (χ3n) is 16.4. The Labute approximate surface area is 328 Å². The SMILES string of the molecule is C=C1CC2(CCC(CCC3(O)CCCC(O)C3)C2)C2OC2(C)CCC2C1CC2(C)C1CC(CCCO)C(C(O)NC(N)=NCCc2cccc3cocc23)C1. The number of aliphatic hydroxyl groups is 4. The molecular formula is C46H69N3O6. The number of allylic oxidation sites excluding steroid dienone is 1. The maximum Gasteiger partial charge on any atom is 0.190 e. The van der Waals surface area contributed by atoms with Gasteiger partial charge in [-0.1, -0.05) is 37.3 Å². The van der Waals surface area contributed by atoms with Gasteiger partial charge in [0.15, 0.2) is 5.96 Å². The Kier molecular flexibility index (Phi) is 11.0. The number of nitrogens with one attached hydrogen (secondary N) is 1. The first-order valence-electron chi connectivity index (χ1n) is 21.9.